The number of esters is 1. The van der Waals surface area contributed by atoms with E-state index < -0.39 is 29.9 Å². The van der Waals surface area contributed by atoms with E-state index in [4.69, 9.17) is 4.74 Å². The van der Waals surface area contributed by atoms with E-state index in [1.54, 1.807) is 37.3 Å². The molecule has 0 unspecified atom stereocenters. The molecular weight excluding hydrogens is 337 g/mol. The van der Waals surface area contributed by atoms with Gasteiger partial charge in [0, 0.05) is 5.70 Å². The van der Waals surface area contributed by atoms with E-state index in [2.05, 4.69) is 22.0 Å². The number of nitrogens with zero attached hydrogens (tertiary/aromatic N) is 3. The Morgan fingerprint density at radius 1 is 1.36 bits per heavy atom. The van der Waals surface area contributed by atoms with Crippen LogP contribution in [0.5, 0.6) is 0 Å². The molecule has 132 valence electrons. The Kier molecular flexibility index (Phi) is 4.23. The highest BCUT2D eigenvalue weighted by Gasteiger charge is 2.44. The van der Waals surface area contributed by atoms with Gasteiger partial charge in [-0.2, -0.15) is 18.2 Å². The smallest absolute Gasteiger partial charge is 0.453 e. The van der Waals surface area contributed by atoms with Crippen molar-refractivity contribution in [1.82, 2.24) is 14.8 Å². The van der Waals surface area contributed by atoms with Crippen molar-refractivity contribution in [1.29, 1.82) is 0 Å². The number of halogens is 3. The number of rotatable bonds is 3. The van der Waals surface area contributed by atoms with Gasteiger partial charge in [-0.25, -0.2) is 4.68 Å². The number of anilines is 1. The number of alkyl halides is 3. The minimum absolute atomic E-state index is 0.119. The van der Waals surface area contributed by atoms with E-state index in [-0.39, 0.29) is 18.3 Å². The summed E-state index contributed by atoms with van der Waals surface area (Å²) in [5, 5.41) is 6.21. The summed E-state index contributed by atoms with van der Waals surface area (Å²) in [5.74, 6) is -2.93. The number of carbonyl (C=O) groups excluding carboxylic acids is 1. The van der Waals surface area contributed by atoms with Gasteiger partial charge in [-0.05, 0) is 12.5 Å². The predicted molar refractivity (Wildman–Crippen MR) is 82.5 cm³/mol. The van der Waals surface area contributed by atoms with Crippen LogP contribution in [-0.2, 0) is 15.7 Å². The van der Waals surface area contributed by atoms with E-state index >= 15 is 0 Å². The Morgan fingerprint density at radius 2 is 2.04 bits per heavy atom. The van der Waals surface area contributed by atoms with Crippen LogP contribution >= 0.6 is 0 Å². The quantitative estimate of drug-likeness (QED) is 0.860. The molecule has 0 radical (unpaired) electrons. The molecule has 0 saturated carbocycles. The van der Waals surface area contributed by atoms with Crippen molar-refractivity contribution in [2.24, 2.45) is 5.92 Å². The maximum absolute atomic E-state index is 13.0. The molecule has 0 bridgehead atoms. The molecule has 9 heteroatoms. The van der Waals surface area contributed by atoms with Gasteiger partial charge >= 0.3 is 12.1 Å². The molecule has 2 aromatic rings. The number of aromatic nitrogens is 3. The molecule has 6 nitrogen and oxygen atoms in total. The van der Waals surface area contributed by atoms with E-state index in [1.807, 2.05) is 0 Å². The van der Waals surface area contributed by atoms with Gasteiger partial charge in [0.1, 0.15) is 5.92 Å². The van der Waals surface area contributed by atoms with Crippen molar-refractivity contribution < 1.29 is 22.7 Å². The Morgan fingerprint density at radius 3 is 2.64 bits per heavy atom. The van der Waals surface area contributed by atoms with Crippen LogP contribution < -0.4 is 5.32 Å². The third kappa shape index (κ3) is 3.09. The second-order valence-corrected chi connectivity index (χ2v) is 5.44. The summed E-state index contributed by atoms with van der Waals surface area (Å²) in [7, 11) is 0. The minimum atomic E-state index is -4.70. The first kappa shape index (κ1) is 17.0. The van der Waals surface area contributed by atoms with Gasteiger partial charge in [-0.15, -0.1) is 5.10 Å². The fourth-order valence-electron chi connectivity index (χ4n) is 2.76. The summed E-state index contributed by atoms with van der Waals surface area (Å²) >= 11 is 0. The lowest BCUT2D eigenvalue weighted by Crippen LogP contribution is -2.37. The summed E-state index contributed by atoms with van der Waals surface area (Å²) < 4.78 is 45.1. The van der Waals surface area contributed by atoms with E-state index in [0.29, 0.717) is 5.56 Å². The number of hydrogen-bond acceptors (Lipinski definition) is 5. The second-order valence-electron chi connectivity index (χ2n) is 5.44. The maximum atomic E-state index is 13.0. The molecule has 2 heterocycles. The van der Waals surface area contributed by atoms with Crippen LogP contribution in [0.25, 0.3) is 0 Å². The van der Waals surface area contributed by atoms with Gasteiger partial charge in [-0.3, -0.25) is 4.79 Å². The maximum Gasteiger partial charge on any atom is 0.453 e. The molecule has 0 fully saturated rings. The van der Waals surface area contributed by atoms with Gasteiger partial charge < -0.3 is 10.1 Å². The molecule has 0 aliphatic carbocycles. The van der Waals surface area contributed by atoms with E-state index in [9.17, 15) is 18.0 Å². The highest BCUT2D eigenvalue weighted by Crippen LogP contribution is 2.39. The van der Waals surface area contributed by atoms with Gasteiger partial charge in [0.2, 0.25) is 5.95 Å². The second kappa shape index (κ2) is 6.23. The van der Waals surface area contributed by atoms with Gasteiger partial charge in [0.25, 0.3) is 5.82 Å². The lowest BCUT2D eigenvalue weighted by atomic mass is 9.89. The molecule has 1 aromatic heterocycles. The molecule has 25 heavy (non-hydrogen) atoms. The van der Waals surface area contributed by atoms with Crippen LogP contribution in [0.3, 0.4) is 0 Å². The van der Waals surface area contributed by atoms with Crippen LogP contribution in [0.15, 0.2) is 42.6 Å². The zero-order valence-corrected chi connectivity index (χ0v) is 13.2. The number of carbonyl (C=O) groups is 1. The number of nitrogens with one attached hydrogen (secondary N) is 1. The zero-order chi connectivity index (χ0) is 18.2. The summed E-state index contributed by atoms with van der Waals surface area (Å²) in [5.41, 5.74) is 0.809. The molecule has 1 N–H and O–H groups in total. The van der Waals surface area contributed by atoms with Crippen molar-refractivity contribution in [2.45, 2.75) is 19.1 Å². The molecular formula is C16H15F3N4O2. The predicted octanol–water partition coefficient (Wildman–Crippen LogP) is 3.00. The normalized spacial score (nSPS) is 19.9. The topological polar surface area (TPSA) is 69.0 Å². The molecule has 3 rings (SSSR count). The molecule has 1 aromatic carbocycles. The van der Waals surface area contributed by atoms with Crippen LogP contribution in [0, 0.1) is 5.92 Å². The Bertz CT molecular complexity index is 801. The molecule has 1 aliphatic heterocycles. The molecule has 0 amide bonds. The zero-order valence-electron chi connectivity index (χ0n) is 13.2. The highest BCUT2D eigenvalue weighted by molar-refractivity contribution is 5.79. The first-order chi connectivity index (χ1) is 11.8. The van der Waals surface area contributed by atoms with Gasteiger partial charge in [0.15, 0.2) is 0 Å². The fraction of sp³-hybridized carbons (Fsp3) is 0.312. The van der Waals surface area contributed by atoms with Crippen molar-refractivity contribution in [3.05, 3.63) is 54.0 Å². The summed E-state index contributed by atoms with van der Waals surface area (Å²) in [6.45, 7) is 5.56. The standard InChI is InChI=1S/C16H15F3N4O2/c1-3-25-13(24)11-9(2)20-15-21-14(16(17,18)19)22-23(15)12(11)10-7-5-4-6-8-10/h4-8,11-12H,2-3H2,1H3,(H,20,21,22)/t11-,12+/m1/s1. The van der Waals surface area contributed by atoms with Crippen molar-refractivity contribution >= 4 is 11.9 Å². The highest BCUT2D eigenvalue weighted by atomic mass is 19.4. The van der Waals surface area contributed by atoms with Gasteiger partial charge in [-0.1, -0.05) is 36.9 Å². The molecule has 1 aliphatic rings. The summed E-state index contributed by atoms with van der Waals surface area (Å²) in [6.07, 6.45) is -4.70. The first-order valence-electron chi connectivity index (χ1n) is 7.54. The lowest BCUT2D eigenvalue weighted by molar-refractivity contribution is -0.147. The van der Waals surface area contributed by atoms with Crippen molar-refractivity contribution in [3.63, 3.8) is 0 Å². The first-order valence-corrected chi connectivity index (χ1v) is 7.54. The third-order valence-electron chi connectivity index (χ3n) is 3.79. The van der Waals surface area contributed by atoms with E-state index in [0.717, 1.165) is 4.68 Å². The molecule has 0 saturated heterocycles. The average molecular weight is 352 g/mol. The summed E-state index contributed by atoms with van der Waals surface area (Å²) in [6, 6.07) is 7.78. The van der Waals surface area contributed by atoms with Crippen molar-refractivity contribution in [3.8, 4) is 0 Å². The number of hydrogen-bond donors (Lipinski definition) is 1. The number of fused-ring (bicyclic) bond motifs is 1. The minimum Gasteiger partial charge on any atom is -0.465 e. The summed E-state index contributed by atoms with van der Waals surface area (Å²) in [4.78, 5) is 15.9. The third-order valence-corrected chi connectivity index (χ3v) is 3.79. The molecule has 0 spiro atoms. The van der Waals surface area contributed by atoms with Gasteiger partial charge in [0.05, 0.1) is 12.6 Å². The number of ether oxygens (including phenoxy) is 1. The van der Waals surface area contributed by atoms with E-state index in [1.165, 1.54) is 0 Å². The van der Waals surface area contributed by atoms with Crippen LogP contribution in [-0.4, -0.2) is 27.3 Å². The van der Waals surface area contributed by atoms with Crippen LogP contribution in [0.1, 0.15) is 24.4 Å². The Balaban J connectivity index is 2.15. The lowest BCUT2D eigenvalue weighted by Gasteiger charge is -2.33. The van der Waals surface area contributed by atoms with Crippen LogP contribution in [0.4, 0.5) is 19.1 Å². The van der Waals surface area contributed by atoms with Crippen LogP contribution in [0.2, 0.25) is 0 Å². The monoisotopic (exact) mass is 352 g/mol. The number of benzene rings is 1. The van der Waals surface area contributed by atoms with Crippen molar-refractivity contribution in [2.75, 3.05) is 11.9 Å². The molecule has 2 atom stereocenters. The average Bonchev–Trinajstić information content (AvgIpc) is 2.98. The Labute approximate surface area is 141 Å². The largest absolute Gasteiger partial charge is 0.465 e. The SMILES string of the molecule is C=C1Nc2nc(C(F)(F)F)nn2[C@@H](c2ccccc2)[C@@H]1C(=O)OCC. The Hall–Kier alpha value is -2.84. The fourth-order valence-corrected chi connectivity index (χ4v) is 2.76.